The molecule has 2 N–H and O–H groups in total. The van der Waals surface area contributed by atoms with Crippen molar-refractivity contribution < 1.29 is 5.11 Å². The van der Waals surface area contributed by atoms with Crippen molar-refractivity contribution in [3.8, 4) is 5.75 Å². The number of aromatic hydroxyl groups is 1. The van der Waals surface area contributed by atoms with E-state index in [0.29, 0.717) is 16.4 Å². The lowest BCUT2D eigenvalue weighted by molar-refractivity contribution is 0.475. The third-order valence-corrected chi connectivity index (χ3v) is 5.89. The third kappa shape index (κ3) is 3.17. The van der Waals surface area contributed by atoms with Gasteiger partial charge in [-0.2, -0.15) is 5.10 Å². The number of halogens is 2. The maximum Gasteiger partial charge on any atom is 0.158 e. The van der Waals surface area contributed by atoms with Crippen molar-refractivity contribution in [3.05, 3.63) is 44.5 Å². The highest BCUT2D eigenvalue weighted by molar-refractivity contribution is 7.19. The molecule has 25 heavy (non-hydrogen) atoms. The molecule has 0 radical (unpaired) electrons. The number of phenolic OH excluding ortho intramolecular Hbond substituents is 1. The fourth-order valence-electron chi connectivity index (χ4n) is 3.02. The average Bonchev–Trinajstić information content (AvgIpc) is 2.98. The average molecular weight is 393 g/mol. The Morgan fingerprint density at radius 1 is 1.20 bits per heavy atom. The van der Waals surface area contributed by atoms with E-state index in [4.69, 9.17) is 23.2 Å². The van der Waals surface area contributed by atoms with Gasteiger partial charge in [-0.1, -0.05) is 23.2 Å². The first-order chi connectivity index (χ1) is 12.1. The standard InChI is InChI=1S/C17H14Cl2N4OS/c18-10-5-9(15(24)12(19)6-10)7-22-23-16-14-11-3-1-2-4-13(11)25-17(14)21-8-20-16/h5-8,24H,1-4H2,(H,20,21,23)/b22-7+. The largest absolute Gasteiger partial charge is 0.506 e. The first kappa shape index (κ1) is 16.6. The lowest BCUT2D eigenvalue weighted by Crippen LogP contribution is -2.01. The highest BCUT2D eigenvalue weighted by Gasteiger charge is 2.19. The van der Waals surface area contributed by atoms with Crippen molar-refractivity contribution >= 4 is 56.8 Å². The Kier molecular flexibility index (Phi) is 4.50. The van der Waals surface area contributed by atoms with Crippen LogP contribution in [-0.4, -0.2) is 21.3 Å². The molecule has 0 saturated heterocycles. The van der Waals surface area contributed by atoms with Crippen LogP contribution in [0.4, 0.5) is 5.82 Å². The predicted octanol–water partition coefficient (Wildman–Crippen LogP) is 5.03. The highest BCUT2D eigenvalue weighted by atomic mass is 35.5. The maximum atomic E-state index is 9.98. The summed E-state index contributed by atoms with van der Waals surface area (Å²) in [7, 11) is 0. The second kappa shape index (κ2) is 6.78. The minimum absolute atomic E-state index is 0.0580. The summed E-state index contributed by atoms with van der Waals surface area (Å²) in [6, 6.07) is 3.07. The first-order valence-corrected chi connectivity index (χ1v) is 9.43. The van der Waals surface area contributed by atoms with Crippen molar-refractivity contribution in [2.75, 3.05) is 5.43 Å². The number of benzene rings is 1. The number of hydrogen-bond acceptors (Lipinski definition) is 6. The van der Waals surface area contributed by atoms with Gasteiger partial charge < -0.3 is 5.11 Å². The first-order valence-electron chi connectivity index (χ1n) is 7.86. The molecule has 0 spiro atoms. The summed E-state index contributed by atoms with van der Waals surface area (Å²) in [5.74, 6) is 0.616. The van der Waals surface area contributed by atoms with E-state index >= 15 is 0 Å². The van der Waals surface area contributed by atoms with Crippen LogP contribution in [0.15, 0.2) is 23.6 Å². The van der Waals surface area contributed by atoms with Crippen LogP contribution in [0.1, 0.15) is 28.8 Å². The van der Waals surface area contributed by atoms with Crippen LogP contribution >= 0.6 is 34.5 Å². The molecule has 2 heterocycles. The number of fused-ring (bicyclic) bond motifs is 3. The van der Waals surface area contributed by atoms with Crippen LogP contribution in [0.5, 0.6) is 5.75 Å². The Balaban J connectivity index is 1.67. The smallest absolute Gasteiger partial charge is 0.158 e. The molecule has 3 aromatic rings. The second-order valence-corrected chi connectivity index (χ2v) is 7.74. The Bertz CT molecular complexity index is 986. The lowest BCUT2D eigenvalue weighted by atomic mass is 9.97. The molecule has 0 saturated carbocycles. The zero-order chi connectivity index (χ0) is 17.4. The van der Waals surface area contributed by atoms with Gasteiger partial charge in [0, 0.05) is 15.5 Å². The Morgan fingerprint density at radius 3 is 2.92 bits per heavy atom. The number of aromatic nitrogens is 2. The molecule has 8 heteroatoms. The molecule has 0 unspecified atom stereocenters. The van der Waals surface area contributed by atoms with Gasteiger partial charge in [0.05, 0.1) is 16.6 Å². The molecule has 0 bridgehead atoms. The van der Waals surface area contributed by atoms with E-state index in [9.17, 15) is 5.11 Å². The van der Waals surface area contributed by atoms with E-state index < -0.39 is 0 Å². The van der Waals surface area contributed by atoms with Crippen molar-refractivity contribution in [2.45, 2.75) is 25.7 Å². The van der Waals surface area contributed by atoms with Gasteiger partial charge in [0.1, 0.15) is 16.9 Å². The summed E-state index contributed by atoms with van der Waals surface area (Å²) in [5.41, 5.74) is 4.73. The van der Waals surface area contributed by atoms with Crippen molar-refractivity contribution in [1.29, 1.82) is 0 Å². The summed E-state index contributed by atoms with van der Waals surface area (Å²) in [4.78, 5) is 11.1. The highest BCUT2D eigenvalue weighted by Crippen LogP contribution is 2.38. The fraction of sp³-hybridized carbons (Fsp3) is 0.235. The number of aryl methyl sites for hydroxylation is 2. The van der Waals surface area contributed by atoms with Gasteiger partial charge in [-0.25, -0.2) is 9.97 Å². The number of anilines is 1. The van der Waals surface area contributed by atoms with Crippen molar-refractivity contribution in [3.63, 3.8) is 0 Å². The Labute approximate surface area is 158 Å². The third-order valence-electron chi connectivity index (χ3n) is 4.18. The van der Waals surface area contributed by atoms with E-state index in [0.717, 1.165) is 23.1 Å². The molecule has 0 atom stereocenters. The second-order valence-electron chi connectivity index (χ2n) is 5.81. The topological polar surface area (TPSA) is 70.4 Å². The fourth-order valence-corrected chi connectivity index (χ4v) is 4.76. The molecule has 2 aromatic heterocycles. The van der Waals surface area contributed by atoms with E-state index in [1.165, 1.54) is 41.9 Å². The van der Waals surface area contributed by atoms with Gasteiger partial charge in [0.25, 0.3) is 0 Å². The number of nitrogens with zero attached hydrogens (tertiary/aromatic N) is 3. The Morgan fingerprint density at radius 2 is 2.04 bits per heavy atom. The van der Waals surface area contributed by atoms with Crippen molar-refractivity contribution in [1.82, 2.24) is 9.97 Å². The van der Waals surface area contributed by atoms with Gasteiger partial charge >= 0.3 is 0 Å². The zero-order valence-corrected chi connectivity index (χ0v) is 15.4. The quantitative estimate of drug-likeness (QED) is 0.484. The van der Waals surface area contributed by atoms with Crippen LogP contribution in [0.3, 0.4) is 0 Å². The number of rotatable bonds is 3. The number of phenols is 1. The van der Waals surface area contributed by atoms with Crippen molar-refractivity contribution in [2.24, 2.45) is 5.10 Å². The minimum Gasteiger partial charge on any atom is -0.506 e. The summed E-state index contributed by atoms with van der Waals surface area (Å²) in [6.07, 6.45) is 7.57. The number of hydrazone groups is 1. The molecule has 0 amide bonds. The molecule has 4 rings (SSSR count). The molecule has 0 fully saturated rings. The molecular weight excluding hydrogens is 379 g/mol. The van der Waals surface area contributed by atoms with Crippen LogP contribution in [0.2, 0.25) is 10.0 Å². The van der Waals surface area contributed by atoms with Gasteiger partial charge in [-0.15, -0.1) is 11.3 Å². The van der Waals surface area contributed by atoms with Gasteiger partial charge in [0.2, 0.25) is 0 Å². The molecular formula is C17H14Cl2N4OS. The van der Waals surface area contributed by atoms with Crippen LogP contribution in [0, 0.1) is 0 Å². The van der Waals surface area contributed by atoms with E-state index in [2.05, 4.69) is 20.5 Å². The van der Waals surface area contributed by atoms with Gasteiger partial charge in [-0.3, -0.25) is 5.43 Å². The summed E-state index contributed by atoms with van der Waals surface area (Å²) < 4.78 is 0. The normalized spacial score (nSPS) is 14.2. The van der Waals surface area contributed by atoms with Crippen LogP contribution < -0.4 is 5.43 Å². The molecule has 1 aliphatic rings. The maximum absolute atomic E-state index is 9.98. The van der Waals surface area contributed by atoms with E-state index in [-0.39, 0.29) is 10.8 Å². The minimum atomic E-state index is -0.0580. The SMILES string of the molecule is Oc1c(Cl)cc(Cl)cc1/C=N/Nc1ncnc2sc3c(c12)CCCC3. The Hall–Kier alpha value is -1.89. The van der Waals surface area contributed by atoms with E-state index in [1.807, 2.05) is 0 Å². The number of nitrogens with one attached hydrogen (secondary N) is 1. The van der Waals surface area contributed by atoms with Gasteiger partial charge in [0.15, 0.2) is 5.82 Å². The molecule has 5 nitrogen and oxygen atoms in total. The summed E-state index contributed by atoms with van der Waals surface area (Å²) >= 11 is 13.6. The summed E-state index contributed by atoms with van der Waals surface area (Å²) in [6.45, 7) is 0. The molecule has 1 aliphatic carbocycles. The molecule has 0 aliphatic heterocycles. The number of hydrogen-bond donors (Lipinski definition) is 2. The number of thiophene rings is 1. The zero-order valence-electron chi connectivity index (χ0n) is 13.1. The lowest BCUT2D eigenvalue weighted by Gasteiger charge is -2.11. The van der Waals surface area contributed by atoms with Crippen LogP contribution in [-0.2, 0) is 12.8 Å². The summed E-state index contributed by atoms with van der Waals surface area (Å²) in [5, 5.41) is 15.8. The predicted molar refractivity (Wildman–Crippen MR) is 103 cm³/mol. The van der Waals surface area contributed by atoms with Gasteiger partial charge in [-0.05, 0) is 43.4 Å². The molecule has 128 valence electrons. The monoisotopic (exact) mass is 392 g/mol. The van der Waals surface area contributed by atoms with Crippen LogP contribution in [0.25, 0.3) is 10.2 Å². The van der Waals surface area contributed by atoms with E-state index in [1.54, 1.807) is 17.4 Å². The molecule has 1 aromatic carbocycles.